The molecule has 1 aliphatic heterocycles. The molecule has 29 heavy (non-hydrogen) atoms. The molecule has 0 atom stereocenters. The lowest BCUT2D eigenvalue weighted by molar-refractivity contribution is -0.113. The number of nitrogens with zero attached hydrogens (tertiary/aromatic N) is 3. The lowest BCUT2D eigenvalue weighted by Gasteiger charge is -2.23. The zero-order valence-corrected chi connectivity index (χ0v) is 17.4. The van der Waals surface area contributed by atoms with E-state index < -0.39 is 11.7 Å². The molecule has 0 aliphatic carbocycles. The summed E-state index contributed by atoms with van der Waals surface area (Å²) in [7, 11) is 0. The van der Waals surface area contributed by atoms with Gasteiger partial charge in [-0.25, -0.2) is 14.8 Å². The summed E-state index contributed by atoms with van der Waals surface area (Å²) in [5.74, 6) is 0.282. The first-order valence-corrected chi connectivity index (χ1v) is 9.87. The van der Waals surface area contributed by atoms with Gasteiger partial charge in [0.2, 0.25) is 0 Å². The summed E-state index contributed by atoms with van der Waals surface area (Å²) in [5.41, 5.74) is 6.16. The number of ether oxygens (including phenoxy) is 2. The number of amides is 2. The summed E-state index contributed by atoms with van der Waals surface area (Å²) in [6.07, 6.45) is 2.77. The molecule has 2 aromatic heterocycles. The highest BCUT2D eigenvalue weighted by molar-refractivity contribution is 8.18. The average Bonchev–Trinajstić information content (AvgIpc) is 2.92. The SMILES string of the molecule is CC(C)Oc1ccnc2ccc(C=C3SC(CC(C)(C)OC(N)=O)=NC3=O)nc12. The number of fused-ring (bicyclic) bond motifs is 1. The number of rotatable bonds is 6. The Morgan fingerprint density at radius 3 is 2.76 bits per heavy atom. The Kier molecular flexibility index (Phi) is 5.88. The van der Waals surface area contributed by atoms with Gasteiger partial charge in [0.1, 0.15) is 16.9 Å². The van der Waals surface area contributed by atoms with Crippen molar-refractivity contribution in [2.75, 3.05) is 0 Å². The van der Waals surface area contributed by atoms with E-state index in [-0.39, 0.29) is 18.4 Å². The van der Waals surface area contributed by atoms with Gasteiger partial charge in [0.15, 0.2) is 0 Å². The van der Waals surface area contributed by atoms with Gasteiger partial charge in [-0.1, -0.05) is 11.8 Å². The van der Waals surface area contributed by atoms with Crippen LogP contribution >= 0.6 is 11.8 Å². The number of carbonyl (C=O) groups is 2. The highest BCUT2D eigenvalue weighted by atomic mass is 32.2. The van der Waals surface area contributed by atoms with Crippen molar-refractivity contribution in [2.24, 2.45) is 10.7 Å². The molecule has 0 saturated heterocycles. The van der Waals surface area contributed by atoms with Crippen LogP contribution in [-0.2, 0) is 9.53 Å². The maximum Gasteiger partial charge on any atom is 0.405 e. The van der Waals surface area contributed by atoms with E-state index in [0.717, 1.165) is 0 Å². The standard InChI is InChI=1S/C20H22N4O4S/c1-11(2)27-14-7-8-22-13-6-5-12(23-17(13)14)9-15-18(25)24-16(29-15)10-20(3,4)28-19(21)26/h5-9,11H,10H2,1-4H3,(H2,21,26). The van der Waals surface area contributed by atoms with Crippen LogP contribution in [0.25, 0.3) is 17.1 Å². The first kappa shape index (κ1) is 20.8. The molecule has 3 heterocycles. The maximum absolute atomic E-state index is 12.3. The van der Waals surface area contributed by atoms with Crippen LogP contribution in [0.15, 0.2) is 34.3 Å². The Labute approximate surface area is 172 Å². The average molecular weight is 414 g/mol. The summed E-state index contributed by atoms with van der Waals surface area (Å²) in [4.78, 5) is 36.7. The number of pyridine rings is 2. The van der Waals surface area contributed by atoms with Crippen molar-refractivity contribution in [3.63, 3.8) is 0 Å². The van der Waals surface area contributed by atoms with Crippen molar-refractivity contribution in [1.29, 1.82) is 0 Å². The molecular formula is C20H22N4O4S. The van der Waals surface area contributed by atoms with Gasteiger partial charge < -0.3 is 15.2 Å². The molecule has 8 nitrogen and oxygen atoms in total. The van der Waals surface area contributed by atoms with E-state index in [1.165, 1.54) is 11.8 Å². The fraction of sp³-hybridized carbons (Fsp3) is 0.350. The lowest BCUT2D eigenvalue weighted by Crippen LogP contribution is -2.32. The van der Waals surface area contributed by atoms with Gasteiger partial charge in [-0.3, -0.25) is 9.78 Å². The van der Waals surface area contributed by atoms with Crippen molar-refractivity contribution in [1.82, 2.24) is 9.97 Å². The minimum Gasteiger partial charge on any atom is -0.489 e. The van der Waals surface area contributed by atoms with E-state index in [1.807, 2.05) is 19.9 Å². The van der Waals surface area contributed by atoms with Crippen LogP contribution in [0.5, 0.6) is 5.75 Å². The van der Waals surface area contributed by atoms with Crippen LogP contribution < -0.4 is 10.5 Å². The molecule has 0 bridgehead atoms. The Morgan fingerprint density at radius 1 is 1.31 bits per heavy atom. The van der Waals surface area contributed by atoms with E-state index in [9.17, 15) is 9.59 Å². The molecular weight excluding hydrogens is 392 g/mol. The number of thioether (sulfide) groups is 1. The van der Waals surface area contributed by atoms with Crippen molar-refractivity contribution >= 4 is 45.9 Å². The zero-order valence-electron chi connectivity index (χ0n) is 16.6. The van der Waals surface area contributed by atoms with Crippen LogP contribution in [0.3, 0.4) is 0 Å². The summed E-state index contributed by atoms with van der Waals surface area (Å²) >= 11 is 1.23. The second kappa shape index (κ2) is 8.20. The van der Waals surface area contributed by atoms with Gasteiger partial charge in [-0.05, 0) is 45.9 Å². The molecule has 152 valence electrons. The minimum atomic E-state index is -0.867. The summed E-state index contributed by atoms with van der Waals surface area (Å²) in [5, 5.41) is 0.554. The topological polar surface area (TPSA) is 117 Å². The van der Waals surface area contributed by atoms with Crippen LogP contribution in [-0.4, -0.2) is 38.7 Å². The summed E-state index contributed by atoms with van der Waals surface area (Å²) in [6, 6.07) is 5.38. The highest BCUT2D eigenvalue weighted by Gasteiger charge is 2.30. The molecule has 2 aromatic rings. The monoisotopic (exact) mass is 414 g/mol. The minimum absolute atomic E-state index is 0.00156. The Bertz CT molecular complexity index is 1030. The smallest absolute Gasteiger partial charge is 0.405 e. The maximum atomic E-state index is 12.3. The highest BCUT2D eigenvalue weighted by Crippen LogP contribution is 2.33. The number of hydrogen-bond acceptors (Lipinski definition) is 7. The summed E-state index contributed by atoms with van der Waals surface area (Å²) in [6.45, 7) is 7.30. The first-order valence-electron chi connectivity index (χ1n) is 9.05. The second-order valence-corrected chi connectivity index (χ2v) is 8.47. The fourth-order valence-electron chi connectivity index (χ4n) is 2.78. The molecule has 9 heteroatoms. The molecule has 0 fully saturated rings. The quantitative estimate of drug-likeness (QED) is 0.716. The van der Waals surface area contributed by atoms with E-state index >= 15 is 0 Å². The van der Waals surface area contributed by atoms with E-state index in [1.54, 1.807) is 38.3 Å². The molecule has 0 spiro atoms. The van der Waals surface area contributed by atoms with Crippen molar-refractivity contribution in [3.05, 3.63) is 35.0 Å². The van der Waals surface area contributed by atoms with Crippen LogP contribution in [0, 0.1) is 0 Å². The Balaban J connectivity index is 1.83. The van der Waals surface area contributed by atoms with E-state index in [0.29, 0.717) is 32.4 Å². The zero-order chi connectivity index (χ0) is 21.2. The molecule has 0 aromatic carbocycles. The first-order chi connectivity index (χ1) is 13.6. The van der Waals surface area contributed by atoms with Gasteiger partial charge in [0.05, 0.1) is 27.3 Å². The second-order valence-electron chi connectivity index (χ2n) is 7.36. The van der Waals surface area contributed by atoms with Gasteiger partial charge in [-0.2, -0.15) is 0 Å². The normalized spacial score (nSPS) is 15.8. The number of aromatic nitrogens is 2. The molecule has 3 rings (SSSR count). The largest absolute Gasteiger partial charge is 0.489 e. The third-order valence-electron chi connectivity index (χ3n) is 3.83. The Morgan fingerprint density at radius 2 is 2.07 bits per heavy atom. The number of primary amides is 1. The van der Waals surface area contributed by atoms with Crippen LogP contribution in [0.4, 0.5) is 4.79 Å². The Hall–Kier alpha value is -2.94. The van der Waals surface area contributed by atoms with Crippen molar-refractivity contribution < 1.29 is 19.1 Å². The van der Waals surface area contributed by atoms with Crippen molar-refractivity contribution in [2.45, 2.75) is 45.8 Å². The van der Waals surface area contributed by atoms with Crippen LogP contribution in [0.1, 0.15) is 39.8 Å². The van der Waals surface area contributed by atoms with E-state index in [2.05, 4.69) is 15.0 Å². The third kappa shape index (κ3) is 5.32. The van der Waals surface area contributed by atoms with Crippen LogP contribution in [0.2, 0.25) is 0 Å². The van der Waals surface area contributed by atoms with Gasteiger partial charge >= 0.3 is 6.09 Å². The molecule has 1 aliphatic rings. The molecule has 0 unspecified atom stereocenters. The van der Waals surface area contributed by atoms with Gasteiger partial charge in [0, 0.05) is 18.7 Å². The fourth-order valence-corrected chi connectivity index (χ4v) is 3.90. The van der Waals surface area contributed by atoms with Crippen molar-refractivity contribution in [3.8, 4) is 5.75 Å². The van der Waals surface area contributed by atoms with Gasteiger partial charge in [-0.15, -0.1) is 0 Å². The molecule has 0 saturated carbocycles. The lowest BCUT2D eigenvalue weighted by atomic mass is 10.1. The number of hydrogen-bond donors (Lipinski definition) is 1. The number of carbonyl (C=O) groups excluding carboxylic acids is 2. The third-order valence-corrected chi connectivity index (χ3v) is 4.81. The number of nitrogens with two attached hydrogens (primary N) is 1. The predicted octanol–water partition coefficient (Wildman–Crippen LogP) is 3.69. The molecule has 0 radical (unpaired) electrons. The predicted molar refractivity (Wildman–Crippen MR) is 113 cm³/mol. The van der Waals surface area contributed by atoms with E-state index in [4.69, 9.17) is 15.2 Å². The number of aliphatic imine (C=N–C) groups is 1. The molecule has 2 amide bonds. The molecule has 2 N–H and O–H groups in total. The summed E-state index contributed by atoms with van der Waals surface area (Å²) < 4.78 is 10.9. The van der Waals surface area contributed by atoms with Gasteiger partial charge in [0.25, 0.3) is 5.91 Å².